The Kier molecular flexibility index (Phi) is 4.99. The summed E-state index contributed by atoms with van der Waals surface area (Å²) in [6, 6.07) is 7.29. The molecule has 1 unspecified atom stereocenters. The smallest absolute Gasteiger partial charge is 0.166 e. The second-order valence-electron chi connectivity index (χ2n) is 3.89. The van der Waals surface area contributed by atoms with E-state index < -0.39 is 0 Å². The van der Waals surface area contributed by atoms with E-state index in [9.17, 15) is 4.79 Å². The summed E-state index contributed by atoms with van der Waals surface area (Å²) in [6.07, 6.45) is 0.480. The van der Waals surface area contributed by atoms with Crippen LogP contribution in [0.4, 0.5) is 0 Å². The molecule has 0 aliphatic rings. The number of carbonyl (C=O) groups excluding carboxylic acids is 1. The van der Waals surface area contributed by atoms with Gasteiger partial charge in [-0.2, -0.15) is 0 Å². The molecular weight excluding hydrogens is 204 g/mol. The summed E-state index contributed by atoms with van der Waals surface area (Å²) in [5.74, 6) is 0.960. The van der Waals surface area contributed by atoms with Crippen molar-refractivity contribution in [3.05, 3.63) is 29.8 Å². The third-order valence-electron chi connectivity index (χ3n) is 2.39. The van der Waals surface area contributed by atoms with Gasteiger partial charge < -0.3 is 9.47 Å². The molecule has 0 bridgehead atoms. The van der Waals surface area contributed by atoms with Crippen molar-refractivity contribution in [3.8, 4) is 5.75 Å². The van der Waals surface area contributed by atoms with E-state index in [1.807, 2.05) is 19.1 Å². The van der Waals surface area contributed by atoms with E-state index in [1.54, 1.807) is 26.4 Å². The Morgan fingerprint density at radius 1 is 1.31 bits per heavy atom. The molecule has 0 aliphatic heterocycles. The first kappa shape index (κ1) is 12.7. The molecule has 0 N–H and O–H groups in total. The molecule has 1 atom stereocenters. The number of carbonyl (C=O) groups is 1. The summed E-state index contributed by atoms with van der Waals surface area (Å²) >= 11 is 0. The first-order valence-corrected chi connectivity index (χ1v) is 5.34. The minimum atomic E-state index is 0.0991. The van der Waals surface area contributed by atoms with Crippen LogP contribution in [0, 0.1) is 5.92 Å². The Bertz CT molecular complexity index is 347. The molecule has 0 aliphatic carbocycles. The van der Waals surface area contributed by atoms with Crippen molar-refractivity contribution in [1.29, 1.82) is 0 Å². The monoisotopic (exact) mass is 222 g/mol. The molecule has 0 saturated heterocycles. The van der Waals surface area contributed by atoms with Crippen LogP contribution in [0.15, 0.2) is 24.3 Å². The van der Waals surface area contributed by atoms with Gasteiger partial charge in [-0.05, 0) is 18.1 Å². The average molecular weight is 222 g/mol. The molecule has 0 saturated carbocycles. The molecule has 0 spiro atoms. The SMILES string of the molecule is COCC(C)CC(=O)c1ccccc1OC. The second-order valence-corrected chi connectivity index (χ2v) is 3.89. The highest BCUT2D eigenvalue weighted by atomic mass is 16.5. The van der Waals surface area contributed by atoms with Crippen molar-refractivity contribution in [2.24, 2.45) is 5.92 Å². The van der Waals surface area contributed by atoms with Gasteiger partial charge in [-0.25, -0.2) is 0 Å². The number of benzene rings is 1. The largest absolute Gasteiger partial charge is 0.496 e. The number of rotatable bonds is 6. The lowest BCUT2D eigenvalue weighted by Gasteiger charge is -2.11. The van der Waals surface area contributed by atoms with Gasteiger partial charge in [0.15, 0.2) is 5.78 Å². The number of ketones is 1. The normalized spacial score (nSPS) is 12.2. The van der Waals surface area contributed by atoms with Gasteiger partial charge in [0.1, 0.15) is 5.75 Å². The molecule has 88 valence electrons. The number of Topliss-reactive ketones (excluding diaryl/α,β-unsaturated/α-hetero) is 1. The maximum Gasteiger partial charge on any atom is 0.166 e. The summed E-state index contributed by atoms with van der Waals surface area (Å²) in [5, 5.41) is 0. The van der Waals surface area contributed by atoms with E-state index in [2.05, 4.69) is 0 Å². The molecule has 1 aromatic carbocycles. The third kappa shape index (κ3) is 3.35. The van der Waals surface area contributed by atoms with E-state index >= 15 is 0 Å². The Morgan fingerprint density at radius 3 is 2.62 bits per heavy atom. The Labute approximate surface area is 96.4 Å². The fourth-order valence-corrected chi connectivity index (χ4v) is 1.64. The Balaban J connectivity index is 2.72. The summed E-state index contributed by atoms with van der Waals surface area (Å²) in [6.45, 7) is 2.59. The molecule has 3 heteroatoms. The first-order chi connectivity index (χ1) is 7.69. The molecule has 0 fully saturated rings. The van der Waals surface area contributed by atoms with E-state index in [-0.39, 0.29) is 11.7 Å². The highest BCUT2D eigenvalue weighted by Gasteiger charge is 2.14. The molecule has 0 amide bonds. The Hall–Kier alpha value is -1.35. The summed E-state index contributed by atoms with van der Waals surface area (Å²) in [4.78, 5) is 12.0. The highest BCUT2D eigenvalue weighted by molar-refractivity contribution is 5.98. The van der Waals surface area contributed by atoms with Crippen LogP contribution in [-0.2, 0) is 4.74 Å². The van der Waals surface area contributed by atoms with Crippen molar-refractivity contribution >= 4 is 5.78 Å². The van der Waals surface area contributed by atoms with Crippen molar-refractivity contribution < 1.29 is 14.3 Å². The molecule has 0 heterocycles. The summed E-state index contributed by atoms with van der Waals surface area (Å²) in [5.41, 5.74) is 0.646. The van der Waals surface area contributed by atoms with Gasteiger partial charge in [0.25, 0.3) is 0 Å². The third-order valence-corrected chi connectivity index (χ3v) is 2.39. The second kappa shape index (κ2) is 6.28. The van der Waals surface area contributed by atoms with Gasteiger partial charge in [-0.3, -0.25) is 4.79 Å². The summed E-state index contributed by atoms with van der Waals surface area (Å²) in [7, 11) is 3.22. The van der Waals surface area contributed by atoms with Crippen molar-refractivity contribution in [2.45, 2.75) is 13.3 Å². The zero-order valence-electron chi connectivity index (χ0n) is 10.0. The zero-order chi connectivity index (χ0) is 12.0. The van der Waals surface area contributed by atoms with Crippen LogP contribution in [0.5, 0.6) is 5.75 Å². The van der Waals surface area contributed by atoms with Crippen LogP contribution in [-0.4, -0.2) is 26.6 Å². The quantitative estimate of drug-likeness (QED) is 0.694. The average Bonchev–Trinajstić information content (AvgIpc) is 2.29. The predicted octanol–water partition coefficient (Wildman–Crippen LogP) is 2.55. The van der Waals surface area contributed by atoms with Gasteiger partial charge in [0.05, 0.1) is 12.7 Å². The molecule has 16 heavy (non-hydrogen) atoms. The van der Waals surface area contributed by atoms with E-state index in [4.69, 9.17) is 9.47 Å². The lowest BCUT2D eigenvalue weighted by atomic mass is 10.00. The fraction of sp³-hybridized carbons (Fsp3) is 0.462. The molecule has 0 aromatic heterocycles. The number of para-hydroxylation sites is 1. The molecule has 0 radical (unpaired) electrons. The highest BCUT2D eigenvalue weighted by Crippen LogP contribution is 2.20. The van der Waals surface area contributed by atoms with Gasteiger partial charge >= 0.3 is 0 Å². The molecular formula is C13H18O3. The zero-order valence-corrected chi connectivity index (χ0v) is 10.0. The lowest BCUT2D eigenvalue weighted by molar-refractivity contribution is 0.0917. The van der Waals surface area contributed by atoms with Gasteiger partial charge in [-0.15, -0.1) is 0 Å². The van der Waals surface area contributed by atoms with Gasteiger partial charge in [-0.1, -0.05) is 19.1 Å². The lowest BCUT2D eigenvalue weighted by Crippen LogP contribution is -2.11. The number of hydrogen-bond acceptors (Lipinski definition) is 3. The van der Waals surface area contributed by atoms with Crippen molar-refractivity contribution in [3.63, 3.8) is 0 Å². The van der Waals surface area contributed by atoms with Crippen molar-refractivity contribution in [2.75, 3.05) is 20.8 Å². The first-order valence-electron chi connectivity index (χ1n) is 5.34. The van der Waals surface area contributed by atoms with E-state index in [0.717, 1.165) is 0 Å². The van der Waals surface area contributed by atoms with Crippen LogP contribution in [0.3, 0.4) is 0 Å². The van der Waals surface area contributed by atoms with Crippen LogP contribution >= 0.6 is 0 Å². The predicted molar refractivity (Wildman–Crippen MR) is 63.0 cm³/mol. The van der Waals surface area contributed by atoms with E-state index in [1.165, 1.54) is 0 Å². The van der Waals surface area contributed by atoms with Gasteiger partial charge in [0, 0.05) is 20.1 Å². The van der Waals surface area contributed by atoms with Crippen LogP contribution in [0.25, 0.3) is 0 Å². The van der Waals surface area contributed by atoms with Crippen molar-refractivity contribution in [1.82, 2.24) is 0 Å². The maximum absolute atomic E-state index is 12.0. The maximum atomic E-state index is 12.0. The molecule has 3 nitrogen and oxygen atoms in total. The topological polar surface area (TPSA) is 35.5 Å². The van der Waals surface area contributed by atoms with E-state index in [0.29, 0.717) is 24.3 Å². The fourth-order valence-electron chi connectivity index (χ4n) is 1.64. The minimum Gasteiger partial charge on any atom is -0.496 e. The van der Waals surface area contributed by atoms with Crippen LogP contribution in [0.2, 0.25) is 0 Å². The van der Waals surface area contributed by atoms with Crippen LogP contribution in [0.1, 0.15) is 23.7 Å². The number of methoxy groups -OCH3 is 2. The Morgan fingerprint density at radius 2 is 2.00 bits per heavy atom. The minimum absolute atomic E-state index is 0.0991. The number of ether oxygens (including phenoxy) is 2. The molecule has 1 aromatic rings. The molecule has 1 rings (SSSR count). The standard InChI is InChI=1S/C13H18O3/c1-10(9-15-2)8-12(14)11-6-4-5-7-13(11)16-3/h4-7,10H,8-9H2,1-3H3. The van der Waals surface area contributed by atoms with Gasteiger partial charge in [0.2, 0.25) is 0 Å². The summed E-state index contributed by atoms with van der Waals surface area (Å²) < 4.78 is 10.2. The van der Waals surface area contributed by atoms with Crippen LogP contribution < -0.4 is 4.74 Å². The number of hydrogen-bond donors (Lipinski definition) is 0.